The molecule has 0 radical (unpaired) electrons. The van der Waals surface area contributed by atoms with Gasteiger partial charge in [0.15, 0.2) is 0 Å². The zero-order valence-corrected chi connectivity index (χ0v) is 19.9. The number of piperazine rings is 1. The van der Waals surface area contributed by atoms with Crippen molar-refractivity contribution < 1.29 is 13.2 Å². The summed E-state index contributed by atoms with van der Waals surface area (Å²) in [6, 6.07) is 16.1. The number of carbonyl (C=O) groups excluding carboxylic acids is 1. The van der Waals surface area contributed by atoms with Crippen molar-refractivity contribution >= 4 is 44.4 Å². The van der Waals surface area contributed by atoms with Crippen molar-refractivity contribution in [2.45, 2.75) is 15.8 Å². The molecule has 2 aromatic carbocycles. The van der Waals surface area contributed by atoms with Crippen molar-refractivity contribution in [3.8, 4) is 0 Å². The van der Waals surface area contributed by atoms with Crippen LogP contribution in [0.5, 0.6) is 0 Å². The van der Waals surface area contributed by atoms with Gasteiger partial charge in [-0.3, -0.25) is 10.1 Å². The number of rotatable bonds is 7. The molecule has 0 atom stereocenters. The van der Waals surface area contributed by atoms with Crippen molar-refractivity contribution in [1.29, 1.82) is 0 Å². The highest BCUT2D eigenvalue weighted by atomic mass is 32.2. The van der Waals surface area contributed by atoms with Crippen LogP contribution in [0.25, 0.3) is 0 Å². The number of amides is 1. The van der Waals surface area contributed by atoms with Gasteiger partial charge in [-0.25, -0.2) is 8.42 Å². The van der Waals surface area contributed by atoms with Crippen LogP contribution in [-0.2, 0) is 15.8 Å². The summed E-state index contributed by atoms with van der Waals surface area (Å²) >= 11 is 2.58. The number of nitrogens with one attached hydrogen (secondary N) is 1. The predicted molar refractivity (Wildman–Crippen MR) is 127 cm³/mol. The van der Waals surface area contributed by atoms with E-state index in [-0.39, 0.29) is 10.5 Å². The first-order valence-corrected chi connectivity index (χ1v) is 13.2. The minimum Gasteiger partial charge on any atom is -0.304 e. The topological polar surface area (TPSA) is 95.5 Å². The number of thioether (sulfide) groups is 1. The van der Waals surface area contributed by atoms with E-state index >= 15 is 0 Å². The van der Waals surface area contributed by atoms with Gasteiger partial charge in [-0.15, -0.1) is 0 Å². The van der Waals surface area contributed by atoms with Crippen LogP contribution >= 0.6 is 23.3 Å². The molecule has 4 rings (SSSR count). The Hall–Kier alpha value is -2.31. The third-order valence-electron chi connectivity index (χ3n) is 5.03. The number of carbonyl (C=O) groups is 1. The normalized spacial score (nSPS) is 15.5. The minimum absolute atomic E-state index is 0.117. The average Bonchev–Trinajstić information content (AvgIpc) is 3.26. The third kappa shape index (κ3) is 5.54. The van der Waals surface area contributed by atoms with Gasteiger partial charge in [0, 0.05) is 49.0 Å². The van der Waals surface area contributed by atoms with Crippen molar-refractivity contribution in [2.24, 2.45) is 0 Å². The van der Waals surface area contributed by atoms with Gasteiger partial charge in [0.2, 0.25) is 20.3 Å². The van der Waals surface area contributed by atoms with Crippen molar-refractivity contribution in [2.75, 3.05) is 38.5 Å². The average molecular weight is 490 g/mol. The second-order valence-corrected chi connectivity index (χ2v) is 11.0. The summed E-state index contributed by atoms with van der Waals surface area (Å²) in [5.41, 5.74) is 1.42. The van der Waals surface area contributed by atoms with Crippen LogP contribution in [0.1, 0.15) is 15.9 Å². The molecule has 1 fully saturated rings. The molecule has 8 nitrogen and oxygen atoms in total. The fraction of sp³-hybridized carbons (Fsp3) is 0.286. The van der Waals surface area contributed by atoms with E-state index in [4.69, 9.17) is 0 Å². The van der Waals surface area contributed by atoms with Gasteiger partial charge in [0.05, 0.1) is 4.90 Å². The van der Waals surface area contributed by atoms with Gasteiger partial charge in [-0.2, -0.15) is 13.7 Å². The van der Waals surface area contributed by atoms with E-state index in [0.717, 1.165) is 22.8 Å². The summed E-state index contributed by atoms with van der Waals surface area (Å²) in [6.45, 7) is 2.23. The van der Waals surface area contributed by atoms with Gasteiger partial charge >= 0.3 is 0 Å². The van der Waals surface area contributed by atoms with E-state index in [1.165, 1.54) is 28.2 Å². The molecular weight excluding hydrogens is 466 g/mol. The fourth-order valence-corrected chi connectivity index (χ4v) is 6.15. The Balaban J connectivity index is 1.40. The van der Waals surface area contributed by atoms with E-state index in [9.17, 15) is 13.2 Å². The summed E-state index contributed by atoms with van der Waals surface area (Å²) in [5, 5.41) is 3.68. The number of anilines is 1. The maximum atomic E-state index is 13.0. The van der Waals surface area contributed by atoms with Crippen molar-refractivity contribution in [3.63, 3.8) is 0 Å². The molecule has 0 unspecified atom stereocenters. The highest BCUT2D eigenvalue weighted by Gasteiger charge is 2.28. The molecule has 0 aliphatic carbocycles. The van der Waals surface area contributed by atoms with E-state index in [0.29, 0.717) is 36.5 Å². The molecule has 0 saturated carbocycles. The van der Waals surface area contributed by atoms with Gasteiger partial charge in [0.1, 0.15) is 0 Å². The lowest BCUT2D eigenvalue weighted by Gasteiger charge is -2.31. The van der Waals surface area contributed by atoms with Gasteiger partial charge < -0.3 is 4.90 Å². The Morgan fingerprint density at radius 1 is 1.09 bits per heavy atom. The Morgan fingerprint density at radius 2 is 1.84 bits per heavy atom. The smallest absolute Gasteiger partial charge is 0.257 e. The van der Waals surface area contributed by atoms with Crippen LogP contribution in [0.3, 0.4) is 0 Å². The Bertz CT molecular complexity index is 1180. The quantitative estimate of drug-likeness (QED) is 0.510. The number of aromatic nitrogens is 2. The zero-order chi connectivity index (χ0) is 22.6. The first-order chi connectivity index (χ1) is 15.4. The number of likely N-dealkylation sites (N-methyl/N-ethyl adjacent to an activating group) is 1. The van der Waals surface area contributed by atoms with Gasteiger partial charge in [-0.1, -0.05) is 48.2 Å². The molecule has 1 amide bonds. The number of nitrogens with zero attached hydrogens (tertiary/aromatic N) is 4. The van der Waals surface area contributed by atoms with E-state index in [1.807, 2.05) is 37.4 Å². The summed E-state index contributed by atoms with van der Waals surface area (Å²) in [7, 11) is -1.68. The van der Waals surface area contributed by atoms with E-state index in [1.54, 1.807) is 12.1 Å². The van der Waals surface area contributed by atoms with Crippen molar-refractivity contribution in [3.05, 3.63) is 65.7 Å². The highest BCUT2D eigenvalue weighted by molar-refractivity contribution is 7.98. The largest absolute Gasteiger partial charge is 0.304 e. The number of hydrogen-bond acceptors (Lipinski definition) is 8. The van der Waals surface area contributed by atoms with Crippen LogP contribution in [0.4, 0.5) is 5.13 Å². The predicted octanol–water partition coefficient (Wildman–Crippen LogP) is 3.02. The zero-order valence-electron chi connectivity index (χ0n) is 17.5. The van der Waals surface area contributed by atoms with Crippen LogP contribution in [0.2, 0.25) is 0 Å². The molecule has 1 N–H and O–H groups in total. The molecule has 1 aliphatic rings. The number of benzene rings is 2. The SMILES string of the molecule is CN1CCN(S(=O)(=O)c2cccc(C(=O)Nc3nc(SCc4ccccc4)ns3)c2)CC1. The molecule has 3 aromatic rings. The molecule has 2 heterocycles. The summed E-state index contributed by atoms with van der Waals surface area (Å²) in [5.74, 6) is 0.313. The molecule has 0 spiro atoms. The molecule has 1 saturated heterocycles. The standard InChI is InChI=1S/C21H23N5O3S3/c1-25-10-12-26(13-11-25)32(28,29)18-9-5-8-17(14-18)19(27)22-20-23-21(24-31-20)30-15-16-6-3-2-4-7-16/h2-9,14H,10-13,15H2,1H3,(H,22,23,24,27). The molecule has 0 bridgehead atoms. The fourth-order valence-electron chi connectivity index (χ4n) is 3.19. The maximum absolute atomic E-state index is 13.0. The lowest BCUT2D eigenvalue weighted by atomic mass is 10.2. The number of hydrogen-bond donors (Lipinski definition) is 1. The van der Waals surface area contributed by atoms with Crippen LogP contribution in [0.15, 0.2) is 64.6 Å². The highest BCUT2D eigenvalue weighted by Crippen LogP contribution is 2.24. The van der Waals surface area contributed by atoms with E-state index < -0.39 is 15.9 Å². The van der Waals surface area contributed by atoms with Crippen molar-refractivity contribution in [1.82, 2.24) is 18.6 Å². The summed E-state index contributed by atoms with van der Waals surface area (Å²) < 4.78 is 31.7. The molecule has 1 aliphatic heterocycles. The lowest BCUT2D eigenvalue weighted by Crippen LogP contribution is -2.47. The Kier molecular flexibility index (Phi) is 7.21. The lowest BCUT2D eigenvalue weighted by molar-refractivity contribution is 0.102. The molecule has 168 valence electrons. The molecular formula is C21H23N5O3S3. The molecule has 1 aromatic heterocycles. The summed E-state index contributed by atoms with van der Waals surface area (Å²) in [4.78, 5) is 19.3. The minimum atomic E-state index is -3.65. The third-order valence-corrected chi connectivity index (χ3v) is 8.59. The monoisotopic (exact) mass is 489 g/mol. The second kappa shape index (κ2) is 10.1. The first kappa shape index (κ1) is 22.9. The van der Waals surface area contributed by atoms with E-state index in [2.05, 4.69) is 19.6 Å². The second-order valence-electron chi connectivity index (χ2n) is 7.35. The summed E-state index contributed by atoms with van der Waals surface area (Å²) in [6.07, 6.45) is 0. The molecule has 11 heteroatoms. The van der Waals surface area contributed by atoms with Crippen LogP contribution < -0.4 is 5.32 Å². The van der Waals surface area contributed by atoms with Gasteiger partial charge in [0.25, 0.3) is 5.91 Å². The van der Waals surface area contributed by atoms with Crippen LogP contribution in [-0.4, -0.2) is 66.1 Å². The molecule has 32 heavy (non-hydrogen) atoms. The first-order valence-electron chi connectivity index (χ1n) is 10.0. The number of sulfonamides is 1. The Morgan fingerprint density at radius 3 is 2.59 bits per heavy atom. The Labute approximate surface area is 195 Å². The van der Waals surface area contributed by atoms with Gasteiger partial charge in [-0.05, 0) is 30.8 Å². The maximum Gasteiger partial charge on any atom is 0.257 e. The van der Waals surface area contributed by atoms with Crippen LogP contribution in [0, 0.1) is 0 Å².